The number of benzene rings is 2. The highest BCUT2D eigenvalue weighted by atomic mass is 35.5. The van der Waals surface area contributed by atoms with Gasteiger partial charge in [-0.3, -0.25) is 9.59 Å². The minimum Gasteiger partial charge on any atom is -0.495 e. The van der Waals surface area contributed by atoms with E-state index in [1.54, 1.807) is 25.2 Å². The fraction of sp³-hybridized carbons (Fsp3) is 0.143. The summed E-state index contributed by atoms with van der Waals surface area (Å²) in [5.74, 6) is -0.246. The van der Waals surface area contributed by atoms with Crippen LogP contribution in [0.4, 0.5) is 5.69 Å². The maximum absolute atomic E-state index is 12.9. The molecule has 0 atom stereocenters. The van der Waals surface area contributed by atoms with E-state index in [2.05, 4.69) is 5.32 Å². The summed E-state index contributed by atoms with van der Waals surface area (Å²) in [4.78, 5) is 28.0. The van der Waals surface area contributed by atoms with Gasteiger partial charge in [0.2, 0.25) is 5.91 Å². The first kappa shape index (κ1) is 21.2. The van der Waals surface area contributed by atoms with Crippen LogP contribution in [-0.2, 0) is 4.79 Å². The predicted molar refractivity (Wildman–Crippen MR) is 118 cm³/mol. The summed E-state index contributed by atoms with van der Waals surface area (Å²) < 4.78 is 5.38. The Morgan fingerprint density at radius 3 is 2.34 bits per heavy atom. The maximum Gasteiger partial charge on any atom is 0.267 e. The lowest BCUT2D eigenvalue weighted by molar-refractivity contribution is -0.116. The largest absolute Gasteiger partial charge is 0.495 e. The summed E-state index contributed by atoms with van der Waals surface area (Å²) in [5, 5.41) is 3.30. The monoisotopic (exact) mass is 448 g/mol. The van der Waals surface area contributed by atoms with Crippen molar-refractivity contribution >= 4 is 52.0 Å². The minimum atomic E-state index is -0.408. The Morgan fingerprint density at radius 2 is 1.72 bits per heavy atom. The summed E-state index contributed by atoms with van der Waals surface area (Å²) >= 11 is 13.5. The Labute approximate surface area is 182 Å². The van der Waals surface area contributed by atoms with Crippen molar-refractivity contribution in [3.8, 4) is 16.2 Å². The number of carbonyl (C=O) groups excluding carboxylic acids is 2. The summed E-state index contributed by atoms with van der Waals surface area (Å²) in [6, 6.07) is 16.5. The molecule has 2 amide bonds. The Balaban J connectivity index is 1.74. The Hall–Kier alpha value is -2.54. The number of methoxy groups -OCH3 is 1. The van der Waals surface area contributed by atoms with Gasteiger partial charge in [0.05, 0.1) is 29.4 Å². The van der Waals surface area contributed by atoms with Crippen molar-refractivity contribution in [1.29, 1.82) is 0 Å². The molecule has 0 fully saturated rings. The van der Waals surface area contributed by atoms with Crippen LogP contribution in [0, 0.1) is 0 Å². The van der Waals surface area contributed by atoms with E-state index >= 15 is 0 Å². The molecule has 5 nitrogen and oxygen atoms in total. The number of thiophene rings is 1. The molecule has 0 saturated carbocycles. The van der Waals surface area contributed by atoms with Crippen molar-refractivity contribution in [3.05, 3.63) is 69.5 Å². The summed E-state index contributed by atoms with van der Waals surface area (Å²) in [6.45, 7) is -0.165. The third-order valence-corrected chi connectivity index (χ3v) is 5.91. The van der Waals surface area contributed by atoms with Gasteiger partial charge in [-0.25, -0.2) is 0 Å². The van der Waals surface area contributed by atoms with Gasteiger partial charge in [-0.2, -0.15) is 0 Å². The van der Waals surface area contributed by atoms with Crippen molar-refractivity contribution in [3.63, 3.8) is 0 Å². The van der Waals surface area contributed by atoms with Crippen molar-refractivity contribution in [2.75, 3.05) is 26.0 Å². The van der Waals surface area contributed by atoms with Crippen LogP contribution >= 0.6 is 34.5 Å². The second-order valence-corrected chi connectivity index (χ2v) is 8.05. The topological polar surface area (TPSA) is 58.6 Å². The van der Waals surface area contributed by atoms with Gasteiger partial charge in [0.1, 0.15) is 10.6 Å². The summed E-state index contributed by atoms with van der Waals surface area (Å²) in [7, 11) is 3.07. The van der Waals surface area contributed by atoms with Gasteiger partial charge in [0, 0.05) is 11.9 Å². The summed E-state index contributed by atoms with van der Waals surface area (Å²) in [6.07, 6.45) is 0. The second-order valence-electron chi connectivity index (χ2n) is 6.18. The highest BCUT2D eigenvalue weighted by molar-refractivity contribution is 7.17. The molecule has 1 heterocycles. The molecule has 0 aliphatic heterocycles. The zero-order valence-corrected chi connectivity index (χ0v) is 18.1. The third-order valence-electron chi connectivity index (χ3n) is 4.13. The highest BCUT2D eigenvalue weighted by Crippen LogP contribution is 2.37. The average Bonchev–Trinajstić information content (AvgIpc) is 3.15. The first-order chi connectivity index (χ1) is 13.9. The molecular formula is C21H18Cl2N2O3S. The van der Waals surface area contributed by atoms with E-state index in [0.717, 1.165) is 10.4 Å². The van der Waals surface area contributed by atoms with Crippen molar-refractivity contribution in [2.24, 2.45) is 0 Å². The third kappa shape index (κ3) is 4.90. The Bertz CT molecular complexity index is 1020. The molecule has 0 aliphatic carbocycles. The number of likely N-dealkylation sites (N-methyl/N-ethyl adjacent to an activating group) is 1. The first-order valence-electron chi connectivity index (χ1n) is 8.63. The van der Waals surface area contributed by atoms with E-state index in [1.165, 1.54) is 23.3 Å². The highest BCUT2D eigenvalue weighted by Gasteiger charge is 2.23. The van der Waals surface area contributed by atoms with Crippen molar-refractivity contribution < 1.29 is 14.3 Å². The van der Waals surface area contributed by atoms with Gasteiger partial charge >= 0.3 is 0 Å². The summed E-state index contributed by atoms with van der Waals surface area (Å²) in [5.41, 5.74) is 1.31. The molecule has 1 N–H and O–H groups in total. The lowest BCUT2D eigenvalue weighted by Gasteiger charge is -2.17. The number of amides is 2. The van der Waals surface area contributed by atoms with Crippen LogP contribution < -0.4 is 10.1 Å². The molecule has 0 bridgehead atoms. The number of ether oxygens (including phenoxy) is 1. The van der Waals surface area contributed by atoms with Gasteiger partial charge in [0.25, 0.3) is 5.91 Å². The van der Waals surface area contributed by atoms with E-state index in [9.17, 15) is 9.59 Å². The van der Waals surface area contributed by atoms with Crippen LogP contribution in [0.1, 0.15) is 9.67 Å². The zero-order valence-electron chi connectivity index (χ0n) is 15.7. The molecule has 0 saturated heterocycles. The predicted octanol–water partition coefficient (Wildman–Crippen LogP) is 5.44. The van der Waals surface area contributed by atoms with Crippen LogP contribution in [0.25, 0.3) is 10.4 Å². The van der Waals surface area contributed by atoms with E-state index in [0.29, 0.717) is 26.4 Å². The van der Waals surface area contributed by atoms with Crippen LogP contribution in [0.3, 0.4) is 0 Å². The Kier molecular flexibility index (Phi) is 6.79. The zero-order chi connectivity index (χ0) is 21.0. The van der Waals surface area contributed by atoms with E-state index in [-0.39, 0.29) is 12.5 Å². The fourth-order valence-corrected chi connectivity index (χ4v) is 4.29. The molecule has 0 spiro atoms. The standard InChI is InChI=1S/C21H18Cl2N2O3S/c1-25(12-18(26)24-19-14(22)9-6-10-15(19)23)21(27)20-16(28-2)11-17(29-20)13-7-4-3-5-8-13/h3-11H,12H2,1-2H3,(H,24,26). The number of halogens is 2. The molecule has 0 unspecified atom stereocenters. The quantitative estimate of drug-likeness (QED) is 0.545. The van der Waals surface area contributed by atoms with Crippen LogP contribution in [0.5, 0.6) is 5.75 Å². The van der Waals surface area contributed by atoms with Gasteiger partial charge < -0.3 is 15.0 Å². The van der Waals surface area contributed by atoms with Gasteiger partial charge in [-0.1, -0.05) is 59.6 Å². The molecule has 0 radical (unpaired) electrons. The fourth-order valence-electron chi connectivity index (χ4n) is 2.68. The number of nitrogens with zero attached hydrogens (tertiary/aromatic N) is 1. The van der Waals surface area contributed by atoms with Gasteiger partial charge in [0.15, 0.2) is 0 Å². The average molecular weight is 449 g/mol. The normalized spacial score (nSPS) is 10.5. The lowest BCUT2D eigenvalue weighted by atomic mass is 10.2. The van der Waals surface area contributed by atoms with Crippen molar-refractivity contribution in [2.45, 2.75) is 0 Å². The number of anilines is 1. The number of carbonyl (C=O) groups is 2. The molecule has 3 aromatic rings. The number of hydrogen-bond acceptors (Lipinski definition) is 4. The van der Waals surface area contributed by atoms with Gasteiger partial charge in [-0.05, 0) is 23.8 Å². The van der Waals surface area contributed by atoms with E-state index in [4.69, 9.17) is 27.9 Å². The molecule has 8 heteroatoms. The molecular weight excluding hydrogens is 431 g/mol. The number of nitrogens with one attached hydrogen (secondary N) is 1. The molecule has 3 rings (SSSR count). The van der Waals surface area contributed by atoms with Crippen LogP contribution in [0.15, 0.2) is 54.6 Å². The number of rotatable bonds is 6. The van der Waals surface area contributed by atoms with Crippen LogP contribution in [0.2, 0.25) is 10.0 Å². The number of hydrogen-bond donors (Lipinski definition) is 1. The van der Waals surface area contributed by atoms with Gasteiger partial charge in [-0.15, -0.1) is 11.3 Å². The molecule has 150 valence electrons. The maximum atomic E-state index is 12.9. The smallest absolute Gasteiger partial charge is 0.267 e. The van der Waals surface area contributed by atoms with Crippen LogP contribution in [-0.4, -0.2) is 37.4 Å². The van der Waals surface area contributed by atoms with Crippen molar-refractivity contribution in [1.82, 2.24) is 4.90 Å². The van der Waals surface area contributed by atoms with E-state index < -0.39 is 5.91 Å². The minimum absolute atomic E-state index is 0.165. The molecule has 0 aliphatic rings. The lowest BCUT2D eigenvalue weighted by Crippen LogP contribution is -2.34. The second kappa shape index (κ2) is 9.31. The Morgan fingerprint density at radius 1 is 1.07 bits per heavy atom. The molecule has 1 aromatic heterocycles. The number of para-hydroxylation sites is 1. The first-order valence-corrected chi connectivity index (χ1v) is 10.2. The SMILES string of the molecule is COc1cc(-c2ccccc2)sc1C(=O)N(C)CC(=O)Nc1c(Cl)cccc1Cl. The molecule has 2 aromatic carbocycles. The van der Waals surface area contributed by atoms with E-state index in [1.807, 2.05) is 36.4 Å². The molecule has 29 heavy (non-hydrogen) atoms.